The molecule has 196 valence electrons. The number of fused-ring (bicyclic) bond motifs is 1. The van der Waals surface area contributed by atoms with Crippen molar-refractivity contribution in [1.82, 2.24) is 5.32 Å². The van der Waals surface area contributed by atoms with Crippen LogP contribution in [0.15, 0.2) is 6.08 Å². The summed E-state index contributed by atoms with van der Waals surface area (Å²) in [5.74, 6) is -1.06. The SMILES string of the molecule is COC(=O)CNC(=O)c1sc(C2=CC(C)OC(c3sc(Cl)c(Cl)c3Cl)(C(F)(F)F)C2)c2c1CCCC2. The molecule has 1 aliphatic carbocycles. The van der Waals surface area contributed by atoms with Gasteiger partial charge in [0, 0.05) is 11.3 Å². The lowest BCUT2D eigenvalue weighted by Crippen LogP contribution is -2.48. The number of esters is 1. The molecule has 1 N–H and O–H groups in total. The van der Waals surface area contributed by atoms with Crippen molar-refractivity contribution in [3.8, 4) is 0 Å². The average Bonchev–Trinajstić information content (AvgIpc) is 3.34. The maximum absolute atomic E-state index is 14.8. The molecule has 0 saturated heterocycles. The summed E-state index contributed by atoms with van der Waals surface area (Å²) in [5, 5.41) is 2.11. The van der Waals surface area contributed by atoms with Crippen LogP contribution in [0, 0.1) is 0 Å². The third-order valence-corrected chi connectivity index (χ3v) is 10.2. The van der Waals surface area contributed by atoms with Gasteiger partial charge in [-0.15, -0.1) is 22.7 Å². The molecule has 2 aromatic rings. The van der Waals surface area contributed by atoms with E-state index >= 15 is 0 Å². The van der Waals surface area contributed by atoms with Gasteiger partial charge in [-0.05, 0) is 49.3 Å². The number of hydrogen-bond acceptors (Lipinski definition) is 6. The smallest absolute Gasteiger partial charge is 0.422 e. The van der Waals surface area contributed by atoms with Crippen LogP contribution in [0.2, 0.25) is 14.4 Å². The highest BCUT2D eigenvalue weighted by atomic mass is 35.5. The summed E-state index contributed by atoms with van der Waals surface area (Å²) in [4.78, 5) is 25.1. The first-order valence-corrected chi connectivity index (χ1v) is 13.7. The molecule has 1 amide bonds. The number of carbonyl (C=O) groups excluding carboxylic acids is 2. The van der Waals surface area contributed by atoms with Crippen molar-refractivity contribution in [2.75, 3.05) is 13.7 Å². The molecule has 36 heavy (non-hydrogen) atoms. The standard InChI is InChI=1S/C23H21Cl3F3NO4S2/c1-10-7-11(8-22(34-10,23(27,28)29)19-15(24)16(25)20(26)36-19)17-12-5-3-4-6-13(12)18(35-17)21(32)30-9-14(31)33-2/h7,10H,3-6,8-9H2,1-2H3,(H,30,32). The second-order valence-electron chi connectivity index (χ2n) is 8.53. The molecule has 2 atom stereocenters. The Bertz CT molecular complexity index is 1240. The highest BCUT2D eigenvalue weighted by Crippen LogP contribution is 2.58. The normalized spacial score (nSPS) is 22.1. The first-order valence-electron chi connectivity index (χ1n) is 11.0. The van der Waals surface area contributed by atoms with Crippen LogP contribution >= 0.6 is 57.5 Å². The number of methoxy groups -OCH3 is 1. The maximum Gasteiger partial charge on any atom is 0.422 e. The zero-order valence-electron chi connectivity index (χ0n) is 19.1. The summed E-state index contributed by atoms with van der Waals surface area (Å²) in [6.07, 6.45) is -1.69. The van der Waals surface area contributed by atoms with Gasteiger partial charge < -0.3 is 14.8 Å². The van der Waals surface area contributed by atoms with Crippen LogP contribution in [0.5, 0.6) is 0 Å². The van der Waals surface area contributed by atoms with Crippen molar-refractivity contribution in [3.05, 3.63) is 46.2 Å². The molecule has 0 radical (unpaired) electrons. The summed E-state index contributed by atoms with van der Waals surface area (Å²) >= 11 is 20.1. The van der Waals surface area contributed by atoms with E-state index in [0.29, 0.717) is 39.5 Å². The van der Waals surface area contributed by atoms with Crippen LogP contribution < -0.4 is 5.32 Å². The van der Waals surface area contributed by atoms with Gasteiger partial charge in [0.1, 0.15) is 10.9 Å². The lowest BCUT2D eigenvalue weighted by atomic mass is 9.84. The van der Waals surface area contributed by atoms with Crippen molar-refractivity contribution in [1.29, 1.82) is 0 Å². The Morgan fingerprint density at radius 2 is 1.83 bits per heavy atom. The molecule has 0 fully saturated rings. The molecule has 2 aromatic heterocycles. The Labute approximate surface area is 228 Å². The van der Waals surface area contributed by atoms with E-state index in [2.05, 4.69) is 10.1 Å². The van der Waals surface area contributed by atoms with Crippen molar-refractivity contribution in [2.24, 2.45) is 0 Å². The fourth-order valence-electron chi connectivity index (χ4n) is 4.59. The lowest BCUT2D eigenvalue weighted by molar-refractivity contribution is -0.291. The van der Waals surface area contributed by atoms with Gasteiger partial charge in [0.05, 0.1) is 33.0 Å². The van der Waals surface area contributed by atoms with E-state index in [-0.39, 0.29) is 25.8 Å². The van der Waals surface area contributed by atoms with Gasteiger partial charge in [0.2, 0.25) is 5.60 Å². The van der Waals surface area contributed by atoms with Gasteiger partial charge in [0.25, 0.3) is 5.91 Å². The number of carbonyl (C=O) groups is 2. The summed E-state index contributed by atoms with van der Waals surface area (Å²) < 4.78 is 54.4. The topological polar surface area (TPSA) is 64.6 Å². The molecule has 13 heteroatoms. The van der Waals surface area contributed by atoms with E-state index in [1.807, 2.05) is 0 Å². The van der Waals surface area contributed by atoms with Crippen molar-refractivity contribution in [3.63, 3.8) is 0 Å². The van der Waals surface area contributed by atoms with Crippen molar-refractivity contribution < 1.29 is 32.2 Å². The molecule has 2 unspecified atom stereocenters. The van der Waals surface area contributed by atoms with E-state index in [0.717, 1.165) is 35.3 Å². The summed E-state index contributed by atoms with van der Waals surface area (Å²) in [6.45, 7) is 1.22. The van der Waals surface area contributed by atoms with E-state index < -0.39 is 36.2 Å². The third kappa shape index (κ3) is 4.92. The number of hydrogen-bond donors (Lipinski definition) is 1. The zero-order chi connectivity index (χ0) is 26.4. The zero-order valence-corrected chi connectivity index (χ0v) is 23.0. The minimum Gasteiger partial charge on any atom is -0.468 e. The van der Waals surface area contributed by atoms with E-state index in [1.165, 1.54) is 14.0 Å². The highest BCUT2D eigenvalue weighted by Gasteiger charge is 2.61. The number of alkyl halides is 3. The number of rotatable bonds is 5. The fraction of sp³-hybridized carbons (Fsp3) is 0.478. The van der Waals surface area contributed by atoms with Crippen LogP contribution in [0.25, 0.3) is 5.57 Å². The second-order valence-corrected chi connectivity index (χ2v) is 11.9. The quantitative estimate of drug-likeness (QED) is 0.368. The monoisotopic (exact) mass is 601 g/mol. The molecule has 3 heterocycles. The first kappa shape index (κ1) is 27.7. The molecule has 0 aromatic carbocycles. The minimum absolute atomic E-state index is 0.0503. The Balaban J connectivity index is 1.80. The van der Waals surface area contributed by atoms with E-state index in [9.17, 15) is 22.8 Å². The summed E-state index contributed by atoms with van der Waals surface area (Å²) in [7, 11) is 1.21. The van der Waals surface area contributed by atoms with E-state index in [1.54, 1.807) is 6.08 Å². The Hall–Kier alpha value is -1.30. The predicted octanol–water partition coefficient (Wildman–Crippen LogP) is 7.20. The molecule has 4 rings (SSSR count). The van der Waals surface area contributed by atoms with Crippen LogP contribution in [0.1, 0.15) is 56.7 Å². The Kier molecular flexibility index (Phi) is 8.05. The van der Waals surface area contributed by atoms with Crippen molar-refractivity contribution >= 4 is 74.9 Å². The van der Waals surface area contributed by atoms with Gasteiger partial charge in [-0.1, -0.05) is 40.9 Å². The molecule has 0 saturated carbocycles. The molecular weight excluding hydrogens is 582 g/mol. The van der Waals surface area contributed by atoms with Gasteiger partial charge in [0.15, 0.2) is 0 Å². The third-order valence-electron chi connectivity index (χ3n) is 6.18. The summed E-state index contributed by atoms with van der Waals surface area (Å²) in [6, 6.07) is 0. The molecule has 1 aliphatic heterocycles. The first-order chi connectivity index (χ1) is 16.9. The Morgan fingerprint density at radius 1 is 1.17 bits per heavy atom. The lowest BCUT2D eigenvalue weighted by Gasteiger charge is -2.40. The molecule has 2 aliphatic rings. The molecule has 0 bridgehead atoms. The minimum atomic E-state index is -4.83. The van der Waals surface area contributed by atoms with E-state index in [4.69, 9.17) is 39.5 Å². The second kappa shape index (κ2) is 10.5. The molecular formula is C23H21Cl3F3NO4S2. The van der Waals surface area contributed by atoms with Crippen LogP contribution in [-0.4, -0.2) is 37.8 Å². The maximum atomic E-state index is 14.8. The molecule has 0 spiro atoms. The van der Waals surface area contributed by atoms with Crippen molar-refractivity contribution in [2.45, 2.75) is 56.9 Å². The number of ether oxygens (including phenoxy) is 2. The van der Waals surface area contributed by atoms with Crippen LogP contribution in [0.3, 0.4) is 0 Å². The fourth-order valence-corrected chi connectivity index (χ4v) is 7.95. The number of nitrogens with one attached hydrogen (secondary N) is 1. The predicted molar refractivity (Wildman–Crippen MR) is 136 cm³/mol. The number of thiophene rings is 2. The summed E-state index contributed by atoms with van der Waals surface area (Å²) in [5.41, 5.74) is -0.674. The van der Waals surface area contributed by atoms with Gasteiger partial charge in [-0.25, -0.2) is 0 Å². The number of amides is 1. The van der Waals surface area contributed by atoms with Gasteiger partial charge >= 0.3 is 12.1 Å². The van der Waals surface area contributed by atoms with Crippen LogP contribution in [0.4, 0.5) is 13.2 Å². The average molecular weight is 603 g/mol. The largest absolute Gasteiger partial charge is 0.468 e. The van der Waals surface area contributed by atoms with Gasteiger partial charge in [-0.3, -0.25) is 9.59 Å². The highest BCUT2D eigenvalue weighted by molar-refractivity contribution is 7.18. The van der Waals surface area contributed by atoms with Crippen LogP contribution in [-0.2, 0) is 32.7 Å². The van der Waals surface area contributed by atoms with Gasteiger partial charge in [-0.2, -0.15) is 13.2 Å². The molecule has 5 nitrogen and oxygen atoms in total. The number of halogens is 6. The Morgan fingerprint density at radius 3 is 2.42 bits per heavy atom.